The molecule has 8 nitrogen and oxygen atoms in total. The summed E-state index contributed by atoms with van der Waals surface area (Å²) < 4.78 is 9.44. The molecule has 146 valence electrons. The molecule has 8 heteroatoms. The second-order valence-corrected chi connectivity index (χ2v) is 5.52. The zero-order valence-electron chi connectivity index (χ0n) is 15.1. The number of rotatable bonds is 8. The molecule has 0 fully saturated rings. The van der Waals surface area contributed by atoms with Crippen molar-refractivity contribution in [3.05, 3.63) is 71.8 Å². The highest BCUT2D eigenvalue weighted by molar-refractivity contribution is 6.29. The summed E-state index contributed by atoms with van der Waals surface area (Å²) in [5, 5.41) is 5.12. The predicted octanol–water partition coefficient (Wildman–Crippen LogP) is 0.933. The second kappa shape index (κ2) is 11.1. The molecule has 0 saturated heterocycles. The van der Waals surface area contributed by atoms with Crippen molar-refractivity contribution in [3.63, 3.8) is 0 Å². The molecule has 2 aromatic rings. The van der Waals surface area contributed by atoms with E-state index in [0.717, 1.165) is 0 Å². The number of amides is 2. The number of carbonyl (C=O) groups excluding carboxylic acids is 4. The minimum atomic E-state index is -1.16. The molecule has 0 aliphatic carbocycles. The summed E-state index contributed by atoms with van der Waals surface area (Å²) in [6.45, 7) is -0.228. The maximum Gasteiger partial charge on any atom is 0.417 e. The molecule has 0 aromatic heterocycles. The van der Waals surface area contributed by atoms with Gasteiger partial charge in [-0.05, 0) is 24.3 Å². The van der Waals surface area contributed by atoms with Crippen LogP contribution in [0.4, 0.5) is 0 Å². The van der Waals surface area contributed by atoms with Crippen LogP contribution in [0.25, 0.3) is 0 Å². The van der Waals surface area contributed by atoms with Crippen molar-refractivity contribution < 1.29 is 28.7 Å². The van der Waals surface area contributed by atoms with E-state index in [1.54, 1.807) is 60.7 Å². The van der Waals surface area contributed by atoms with Crippen molar-refractivity contribution in [2.24, 2.45) is 0 Å². The molecule has 0 radical (unpaired) electrons. The molecular weight excluding hydrogens is 364 g/mol. The summed E-state index contributed by atoms with van der Waals surface area (Å²) in [6.07, 6.45) is 0. The molecule has 0 heterocycles. The van der Waals surface area contributed by atoms with Gasteiger partial charge in [-0.3, -0.25) is 9.59 Å². The highest BCUT2D eigenvalue weighted by atomic mass is 16.6. The minimum absolute atomic E-state index is 0.0554. The Balaban J connectivity index is 1.56. The molecule has 0 atom stereocenters. The topological polar surface area (TPSA) is 111 Å². The minimum Gasteiger partial charge on any atom is -0.455 e. The van der Waals surface area contributed by atoms with E-state index in [0.29, 0.717) is 11.1 Å². The molecule has 0 bridgehead atoms. The number of esters is 2. The molecule has 28 heavy (non-hydrogen) atoms. The van der Waals surface area contributed by atoms with Gasteiger partial charge in [0.05, 0.1) is 13.1 Å². The van der Waals surface area contributed by atoms with Crippen LogP contribution >= 0.6 is 0 Å². The van der Waals surface area contributed by atoms with Gasteiger partial charge >= 0.3 is 11.9 Å². The Morgan fingerprint density at radius 3 is 1.32 bits per heavy atom. The van der Waals surface area contributed by atoms with Crippen molar-refractivity contribution in [2.45, 2.75) is 0 Å². The van der Waals surface area contributed by atoms with Crippen LogP contribution < -0.4 is 10.6 Å². The van der Waals surface area contributed by atoms with Gasteiger partial charge in [-0.1, -0.05) is 36.4 Å². The van der Waals surface area contributed by atoms with E-state index in [-0.39, 0.29) is 38.1 Å². The van der Waals surface area contributed by atoms with E-state index in [2.05, 4.69) is 10.6 Å². The SMILES string of the molecule is O=C(OCCNC(=O)c1ccccc1)C(=O)OCCNC(=O)c1ccccc1. The lowest BCUT2D eigenvalue weighted by atomic mass is 10.2. The summed E-state index contributed by atoms with van der Waals surface area (Å²) in [4.78, 5) is 46.6. The molecule has 2 N–H and O–H groups in total. The fourth-order valence-corrected chi connectivity index (χ4v) is 2.12. The quantitative estimate of drug-likeness (QED) is 0.398. The summed E-state index contributed by atoms with van der Waals surface area (Å²) >= 11 is 0. The smallest absolute Gasteiger partial charge is 0.417 e. The molecule has 0 aliphatic rings. The number of nitrogens with one attached hydrogen (secondary N) is 2. The van der Waals surface area contributed by atoms with Gasteiger partial charge in [0.15, 0.2) is 0 Å². The van der Waals surface area contributed by atoms with E-state index in [4.69, 9.17) is 9.47 Å². The van der Waals surface area contributed by atoms with Crippen LogP contribution in [0.1, 0.15) is 20.7 Å². The Morgan fingerprint density at radius 1 is 0.607 bits per heavy atom. The molecule has 0 aliphatic heterocycles. The Hall–Kier alpha value is -3.68. The lowest BCUT2D eigenvalue weighted by Gasteiger charge is -2.08. The first kappa shape index (κ1) is 20.6. The van der Waals surface area contributed by atoms with E-state index < -0.39 is 11.9 Å². The van der Waals surface area contributed by atoms with Crippen LogP contribution in [0.2, 0.25) is 0 Å². The molecule has 0 spiro atoms. The van der Waals surface area contributed by atoms with Gasteiger partial charge in [0.25, 0.3) is 11.8 Å². The second-order valence-electron chi connectivity index (χ2n) is 5.52. The van der Waals surface area contributed by atoms with Gasteiger partial charge in [-0.15, -0.1) is 0 Å². The fraction of sp³-hybridized carbons (Fsp3) is 0.200. The maximum atomic E-state index is 11.8. The Kier molecular flexibility index (Phi) is 8.19. The van der Waals surface area contributed by atoms with Crippen LogP contribution in [0, 0.1) is 0 Å². The van der Waals surface area contributed by atoms with Gasteiger partial charge < -0.3 is 20.1 Å². The van der Waals surface area contributed by atoms with Crippen molar-refractivity contribution in [2.75, 3.05) is 26.3 Å². The van der Waals surface area contributed by atoms with Gasteiger partial charge in [-0.2, -0.15) is 0 Å². The van der Waals surface area contributed by atoms with Gasteiger partial charge in [0.2, 0.25) is 0 Å². The molecule has 0 unspecified atom stereocenters. The maximum absolute atomic E-state index is 11.8. The number of hydrogen-bond acceptors (Lipinski definition) is 6. The highest BCUT2D eigenvalue weighted by Gasteiger charge is 2.17. The number of benzene rings is 2. The Morgan fingerprint density at radius 2 is 0.964 bits per heavy atom. The van der Waals surface area contributed by atoms with Crippen molar-refractivity contribution in [3.8, 4) is 0 Å². The summed E-state index contributed by atoms with van der Waals surface area (Å²) in [5.74, 6) is -2.95. The summed E-state index contributed by atoms with van der Waals surface area (Å²) in [6, 6.07) is 17.1. The molecule has 2 amide bonds. The largest absolute Gasteiger partial charge is 0.455 e. The van der Waals surface area contributed by atoms with Crippen LogP contribution in [0.5, 0.6) is 0 Å². The highest BCUT2D eigenvalue weighted by Crippen LogP contribution is 1.98. The zero-order chi connectivity index (χ0) is 20.2. The Bertz CT molecular complexity index is 738. The fourth-order valence-electron chi connectivity index (χ4n) is 2.12. The third-order valence-corrected chi connectivity index (χ3v) is 3.48. The number of carbonyl (C=O) groups is 4. The normalized spacial score (nSPS) is 9.86. The van der Waals surface area contributed by atoms with E-state index in [9.17, 15) is 19.2 Å². The van der Waals surface area contributed by atoms with Crippen LogP contribution in [0.15, 0.2) is 60.7 Å². The lowest BCUT2D eigenvalue weighted by Crippen LogP contribution is -2.31. The van der Waals surface area contributed by atoms with Gasteiger partial charge in [0.1, 0.15) is 13.2 Å². The summed E-state index contributed by atoms with van der Waals surface area (Å²) in [5.41, 5.74) is 0.955. The average molecular weight is 384 g/mol. The lowest BCUT2D eigenvalue weighted by molar-refractivity contribution is -0.167. The van der Waals surface area contributed by atoms with E-state index in [1.165, 1.54) is 0 Å². The van der Waals surface area contributed by atoms with Crippen LogP contribution in [-0.4, -0.2) is 50.1 Å². The predicted molar refractivity (Wildman–Crippen MR) is 99.5 cm³/mol. The number of hydrogen-bond donors (Lipinski definition) is 2. The molecule has 0 saturated carbocycles. The number of ether oxygens (including phenoxy) is 2. The van der Waals surface area contributed by atoms with E-state index in [1.807, 2.05) is 0 Å². The van der Waals surface area contributed by atoms with Gasteiger partial charge in [-0.25, -0.2) is 9.59 Å². The standard InChI is InChI=1S/C20H20N2O6/c23-17(15-7-3-1-4-8-15)21-11-13-27-19(25)20(26)28-14-12-22-18(24)16-9-5-2-6-10-16/h1-10H,11-14H2,(H,21,23)(H,22,24). The van der Waals surface area contributed by atoms with Crippen molar-refractivity contribution >= 4 is 23.8 Å². The monoisotopic (exact) mass is 384 g/mol. The Labute approximate surface area is 161 Å². The van der Waals surface area contributed by atoms with Crippen molar-refractivity contribution in [1.29, 1.82) is 0 Å². The third-order valence-electron chi connectivity index (χ3n) is 3.48. The molecular formula is C20H20N2O6. The first-order valence-electron chi connectivity index (χ1n) is 8.58. The zero-order valence-corrected chi connectivity index (χ0v) is 15.1. The first-order chi connectivity index (χ1) is 13.6. The molecule has 2 rings (SSSR count). The average Bonchev–Trinajstić information content (AvgIpc) is 2.74. The molecule has 2 aromatic carbocycles. The van der Waals surface area contributed by atoms with Crippen LogP contribution in [-0.2, 0) is 19.1 Å². The summed E-state index contributed by atoms with van der Waals surface area (Å²) in [7, 11) is 0. The van der Waals surface area contributed by atoms with Crippen molar-refractivity contribution in [1.82, 2.24) is 10.6 Å². The van der Waals surface area contributed by atoms with Crippen LogP contribution in [0.3, 0.4) is 0 Å². The van der Waals surface area contributed by atoms with E-state index >= 15 is 0 Å². The third kappa shape index (κ3) is 6.91. The van der Waals surface area contributed by atoms with Gasteiger partial charge in [0, 0.05) is 11.1 Å². The first-order valence-corrected chi connectivity index (χ1v) is 8.58.